The lowest BCUT2D eigenvalue weighted by Gasteiger charge is -2.32. The minimum atomic E-state index is -0.123. The highest BCUT2D eigenvalue weighted by Crippen LogP contribution is 2.55. The summed E-state index contributed by atoms with van der Waals surface area (Å²) in [5.74, 6) is 0. The van der Waals surface area contributed by atoms with Crippen molar-refractivity contribution in [2.75, 3.05) is 4.90 Å². The van der Waals surface area contributed by atoms with E-state index in [1.54, 1.807) is 0 Å². The van der Waals surface area contributed by atoms with Gasteiger partial charge in [0.1, 0.15) is 11.2 Å². The fourth-order valence-electron chi connectivity index (χ4n) is 9.60. The SMILES string of the molecule is CC1(C)c2ccccc2-c2c(-c3ccccc3N(c3ccccc3-c3ccccc3-c3ccccc3)c3ccccc3-c3cccc4c3oc3ccccc34)cccc21. The molecular formula is C57H41NO. The zero-order valence-electron chi connectivity index (χ0n) is 33.1. The lowest BCUT2D eigenvalue weighted by atomic mass is 9.82. The van der Waals surface area contributed by atoms with Gasteiger partial charge in [-0.05, 0) is 68.8 Å². The summed E-state index contributed by atoms with van der Waals surface area (Å²) in [6.45, 7) is 4.71. The normalized spacial score (nSPS) is 12.7. The smallest absolute Gasteiger partial charge is 0.143 e. The van der Waals surface area contributed by atoms with E-state index in [9.17, 15) is 0 Å². The van der Waals surface area contributed by atoms with Crippen LogP contribution in [0.2, 0.25) is 0 Å². The molecule has 0 aliphatic heterocycles. The van der Waals surface area contributed by atoms with Crippen LogP contribution in [0.3, 0.4) is 0 Å². The molecule has 10 aromatic rings. The zero-order chi connectivity index (χ0) is 39.5. The van der Waals surface area contributed by atoms with Gasteiger partial charge in [0.15, 0.2) is 0 Å². The lowest BCUT2D eigenvalue weighted by molar-refractivity contribution is 0.660. The fourth-order valence-corrected chi connectivity index (χ4v) is 9.60. The van der Waals surface area contributed by atoms with Gasteiger partial charge < -0.3 is 9.32 Å². The van der Waals surface area contributed by atoms with Crippen LogP contribution in [-0.4, -0.2) is 0 Å². The Morgan fingerprint density at radius 2 is 0.797 bits per heavy atom. The minimum absolute atomic E-state index is 0.123. The summed E-state index contributed by atoms with van der Waals surface area (Å²) >= 11 is 0. The summed E-state index contributed by atoms with van der Waals surface area (Å²) in [6, 6.07) is 76.8. The maximum atomic E-state index is 6.72. The second kappa shape index (κ2) is 13.9. The molecule has 0 spiro atoms. The highest BCUT2D eigenvalue weighted by molar-refractivity contribution is 6.11. The Bertz CT molecular complexity index is 3210. The zero-order valence-corrected chi connectivity index (χ0v) is 33.1. The molecule has 0 saturated heterocycles. The molecule has 59 heavy (non-hydrogen) atoms. The van der Waals surface area contributed by atoms with E-state index in [4.69, 9.17) is 4.42 Å². The van der Waals surface area contributed by atoms with E-state index < -0.39 is 0 Å². The summed E-state index contributed by atoms with van der Waals surface area (Å²) in [4.78, 5) is 2.49. The highest BCUT2D eigenvalue weighted by Gasteiger charge is 2.37. The second-order valence-electron chi connectivity index (χ2n) is 16.0. The van der Waals surface area contributed by atoms with Crippen LogP contribution in [0.15, 0.2) is 217 Å². The summed E-state index contributed by atoms with van der Waals surface area (Å²) in [7, 11) is 0. The Hall–Kier alpha value is -7.42. The van der Waals surface area contributed by atoms with Crippen molar-refractivity contribution in [1.82, 2.24) is 0 Å². The molecule has 0 unspecified atom stereocenters. The second-order valence-corrected chi connectivity index (χ2v) is 16.0. The molecule has 2 heteroatoms. The fraction of sp³-hybridized carbons (Fsp3) is 0.0526. The molecule has 0 amide bonds. The Morgan fingerprint density at radius 3 is 1.51 bits per heavy atom. The van der Waals surface area contributed by atoms with Gasteiger partial charge in [0, 0.05) is 38.4 Å². The van der Waals surface area contributed by atoms with Crippen molar-refractivity contribution < 1.29 is 4.42 Å². The number of benzene rings is 9. The van der Waals surface area contributed by atoms with Gasteiger partial charge >= 0.3 is 0 Å². The third kappa shape index (κ3) is 5.56. The average Bonchev–Trinajstić information content (AvgIpc) is 3.79. The van der Waals surface area contributed by atoms with E-state index in [1.807, 2.05) is 6.07 Å². The Kier molecular flexibility index (Phi) is 8.20. The largest absolute Gasteiger partial charge is 0.455 e. The average molecular weight is 756 g/mol. The van der Waals surface area contributed by atoms with Crippen molar-refractivity contribution in [2.45, 2.75) is 19.3 Å². The summed E-state index contributed by atoms with van der Waals surface area (Å²) < 4.78 is 6.72. The molecule has 1 aromatic heterocycles. The van der Waals surface area contributed by atoms with Gasteiger partial charge in [0.05, 0.1) is 17.1 Å². The van der Waals surface area contributed by atoms with Crippen LogP contribution in [0, 0.1) is 0 Å². The van der Waals surface area contributed by atoms with E-state index in [0.717, 1.165) is 55.7 Å². The van der Waals surface area contributed by atoms with Crippen molar-refractivity contribution >= 4 is 39.0 Å². The van der Waals surface area contributed by atoms with Crippen LogP contribution in [0.25, 0.3) is 77.6 Å². The van der Waals surface area contributed by atoms with Crippen molar-refractivity contribution in [3.63, 3.8) is 0 Å². The van der Waals surface area contributed by atoms with E-state index in [2.05, 4.69) is 225 Å². The van der Waals surface area contributed by atoms with Gasteiger partial charge in [-0.25, -0.2) is 0 Å². The molecule has 1 aliphatic rings. The predicted octanol–water partition coefficient (Wildman–Crippen LogP) is 16.0. The monoisotopic (exact) mass is 755 g/mol. The maximum absolute atomic E-state index is 6.72. The van der Waals surface area contributed by atoms with Crippen molar-refractivity contribution in [3.05, 3.63) is 223 Å². The molecule has 11 rings (SSSR count). The number of furan rings is 1. The topological polar surface area (TPSA) is 16.4 Å². The number of nitrogens with zero attached hydrogens (tertiary/aromatic N) is 1. The molecule has 9 aromatic carbocycles. The standard InChI is InChI=1S/C57H41NO/c1-57(2)49-32-13-8-28-48(49)55-45(29-19-33-50(55)57)42-25-10-15-35-52(42)58(51-34-14-9-24-41(51)40-23-7-6-22-39(40)38-20-4-3-5-21-38)53-36-16-11-26-43(53)46-30-18-31-47-44-27-12-17-37-54(44)59-56(46)47/h3-37H,1-2H3. The van der Waals surface area contributed by atoms with Gasteiger partial charge in [-0.15, -0.1) is 0 Å². The Labute approximate surface area is 345 Å². The first kappa shape index (κ1) is 34.8. The van der Waals surface area contributed by atoms with Gasteiger partial charge in [-0.3, -0.25) is 0 Å². The number of hydrogen-bond acceptors (Lipinski definition) is 2. The number of anilines is 3. The predicted molar refractivity (Wildman–Crippen MR) is 248 cm³/mol. The molecular weight excluding hydrogens is 715 g/mol. The maximum Gasteiger partial charge on any atom is 0.143 e. The number of hydrogen-bond donors (Lipinski definition) is 0. The lowest BCUT2D eigenvalue weighted by Crippen LogP contribution is -2.15. The molecule has 0 N–H and O–H groups in total. The van der Waals surface area contributed by atoms with Gasteiger partial charge in [-0.1, -0.05) is 202 Å². The van der Waals surface area contributed by atoms with E-state index in [1.165, 1.54) is 50.1 Å². The first-order valence-corrected chi connectivity index (χ1v) is 20.4. The molecule has 1 heterocycles. The summed E-state index contributed by atoms with van der Waals surface area (Å²) in [5.41, 5.74) is 19.4. The van der Waals surface area contributed by atoms with E-state index in [-0.39, 0.29) is 5.41 Å². The minimum Gasteiger partial charge on any atom is -0.455 e. The first-order valence-electron chi connectivity index (χ1n) is 20.4. The van der Waals surface area contributed by atoms with E-state index in [0.29, 0.717) is 0 Å². The third-order valence-electron chi connectivity index (χ3n) is 12.3. The van der Waals surface area contributed by atoms with Crippen LogP contribution in [0.4, 0.5) is 17.1 Å². The first-order chi connectivity index (χ1) is 29.1. The summed E-state index contributed by atoms with van der Waals surface area (Å²) in [5, 5.41) is 2.23. The van der Waals surface area contributed by atoms with Crippen LogP contribution < -0.4 is 4.90 Å². The van der Waals surface area contributed by atoms with Crippen LogP contribution in [-0.2, 0) is 5.41 Å². The molecule has 280 valence electrons. The molecule has 0 saturated carbocycles. The van der Waals surface area contributed by atoms with Crippen LogP contribution >= 0.6 is 0 Å². The molecule has 2 nitrogen and oxygen atoms in total. The molecule has 0 bridgehead atoms. The van der Waals surface area contributed by atoms with Crippen LogP contribution in [0.5, 0.6) is 0 Å². The quantitative estimate of drug-likeness (QED) is 0.161. The van der Waals surface area contributed by atoms with Crippen molar-refractivity contribution in [2.24, 2.45) is 0 Å². The van der Waals surface area contributed by atoms with Gasteiger partial charge in [0.2, 0.25) is 0 Å². The van der Waals surface area contributed by atoms with Crippen LogP contribution in [0.1, 0.15) is 25.0 Å². The van der Waals surface area contributed by atoms with Crippen molar-refractivity contribution in [1.29, 1.82) is 0 Å². The molecule has 0 atom stereocenters. The third-order valence-corrected chi connectivity index (χ3v) is 12.3. The Morgan fingerprint density at radius 1 is 0.339 bits per heavy atom. The number of rotatable bonds is 7. The van der Waals surface area contributed by atoms with E-state index >= 15 is 0 Å². The summed E-state index contributed by atoms with van der Waals surface area (Å²) in [6.07, 6.45) is 0. The Balaban J connectivity index is 1.21. The number of para-hydroxylation sites is 5. The highest BCUT2D eigenvalue weighted by atomic mass is 16.3. The molecule has 0 fully saturated rings. The number of fused-ring (bicyclic) bond motifs is 6. The van der Waals surface area contributed by atoms with Gasteiger partial charge in [0.25, 0.3) is 0 Å². The van der Waals surface area contributed by atoms with Gasteiger partial charge in [-0.2, -0.15) is 0 Å². The molecule has 0 radical (unpaired) electrons. The van der Waals surface area contributed by atoms with Crippen molar-refractivity contribution in [3.8, 4) is 55.6 Å². The molecule has 1 aliphatic carbocycles.